The van der Waals surface area contributed by atoms with Gasteiger partial charge in [0.05, 0.1) is 10.5 Å². The first-order chi connectivity index (χ1) is 11.7. The molecule has 13 heteroatoms. The minimum absolute atomic E-state index is 0.167. The predicted octanol–water partition coefficient (Wildman–Crippen LogP) is 3.53. The first-order valence-corrected chi connectivity index (χ1v) is 6.45. The average Bonchev–Trinajstić information content (AvgIpc) is 2.47. The van der Waals surface area contributed by atoms with Gasteiger partial charge in [-0.25, -0.2) is 4.98 Å². The molecule has 0 saturated heterocycles. The zero-order valence-corrected chi connectivity index (χ0v) is 12.4. The zero-order valence-electron chi connectivity index (χ0n) is 12.4. The fraction of sp³-hybridized carbons (Fsp3) is 0.231. The summed E-state index contributed by atoms with van der Waals surface area (Å²) in [4.78, 5) is 24.1. The second-order valence-electron chi connectivity index (χ2n) is 4.94. The largest absolute Gasteiger partial charge is 0.449 e. The van der Waals surface area contributed by atoms with Crippen LogP contribution in [0, 0.1) is 15.9 Å². The molecule has 2 aromatic rings. The molecule has 0 fully saturated rings. The monoisotopic (exact) mass is 385 g/mol. The normalized spacial score (nSPS) is 12.3. The molecule has 0 N–H and O–H groups in total. The van der Waals surface area contributed by atoms with Crippen molar-refractivity contribution in [3.8, 4) is 11.1 Å². The molecule has 0 unspecified atom stereocenters. The van der Waals surface area contributed by atoms with Crippen LogP contribution in [0.5, 0.6) is 0 Å². The van der Waals surface area contributed by atoms with Gasteiger partial charge < -0.3 is 0 Å². The summed E-state index contributed by atoms with van der Waals surface area (Å²) in [5.41, 5.74) is -7.35. The number of rotatable bonds is 2. The Kier molecular flexibility index (Phi) is 4.51. The molecule has 6 nitrogen and oxygen atoms in total. The van der Waals surface area contributed by atoms with Gasteiger partial charge in [-0.15, -0.1) is 0 Å². The van der Waals surface area contributed by atoms with Gasteiger partial charge in [0.25, 0.3) is 5.56 Å². The van der Waals surface area contributed by atoms with Crippen LogP contribution < -0.4 is 5.56 Å². The maximum Gasteiger partial charge on any atom is 0.449 e. The van der Waals surface area contributed by atoms with E-state index in [0.29, 0.717) is 25.2 Å². The molecule has 1 aromatic heterocycles. The summed E-state index contributed by atoms with van der Waals surface area (Å²) in [5, 5.41) is 10.7. The molecular formula is C13H6F7N3O3. The Morgan fingerprint density at radius 2 is 1.69 bits per heavy atom. The molecule has 0 atom stereocenters. The van der Waals surface area contributed by atoms with Crippen molar-refractivity contribution in [2.45, 2.75) is 12.4 Å². The van der Waals surface area contributed by atoms with Crippen LogP contribution in [0.15, 0.2) is 23.0 Å². The number of hydrogen-bond donors (Lipinski definition) is 0. The minimum atomic E-state index is -5.48. The van der Waals surface area contributed by atoms with Gasteiger partial charge in [0.15, 0.2) is 5.69 Å². The molecule has 140 valence electrons. The van der Waals surface area contributed by atoms with Crippen LogP contribution in [0.4, 0.5) is 36.4 Å². The summed E-state index contributed by atoms with van der Waals surface area (Å²) in [5.74, 6) is -3.50. The third kappa shape index (κ3) is 3.36. The molecule has 0 radical (unpaired) electrons. The number of hydrogen-bond acceptors (Lipinski definition) is 4. The Morgan fingerprint density at radius 3 is 2.15 bits per heavy atom. The molecule has 0 aliphatic carbocycles. The Bertz CT molecular complexity index is 948. The summed E-state index contributed by atoms with van der Waals surface area (Å²) in [6.07, 6.45) is -10.8. The van der Waals surface area contributed by atoms with Gasteiger partial charge in [-0.2, -0.15) is 30.7 Å². The molecule has 0 aliphatic rings. The van der Waals surface area contributed by atoms with Crippen LogP contribution in [0.2, 0.25) is 0 Å². The Hall–Kier alpha value is -2.99. The van der Waals surface area contributed by atoms with E-state index in [1.165, 1.54) is 0 Å². The number of nitro groups is 1. The zero-order chi connectivity index (χ0) is 20.0. The Labute approximate surface area is 138 Å². The third-order valence-electron chi connectivity index (χ3n) is 3.24. The van der Waals surface area contributed by atoms with E-state index in [1.54, 1.807) is 0 Å². The lowest BCUT2D eigenvalue weighted by Gasteiger charge is -2.17. The first kappa shape index (κ1) is 19.3. The number of benzene rings is 1. The van der Waals surface area contributed by atoms with Gasteiger partial charge in [-0.05, 0) is 11.6 Å². The van der Waals surface area contributed by atoms with Crippen molar-refractivity contribution in [2.24, 2.45) is 7.05 Å². The molecule has 1 aromatic carbocycles. The van der Waals surface area contributed by atoms with Gasteiger partial charge >= 0.3 is 18.0 Å². The lowest BCUT2D eigenvalue weighted by Crippen LogP contribution is -2.32. The van der Waals surface area contributed by atoms with Crippen molar-refractivity contribution < 1.29 is 35.7 Å². The molecule has 26 heavy (non-hydrogen) atoms. The van der Waals surface area contributed by atoms with E-state index in [-0.39, 0.29) is 4.57 Å². The maximum atomic E-state index is 13.4. The number of nitrogens with zero attached hydrogens (tertiary/aromatic N) is 3. The van der Waals surface area contributed by atoms with Crippen LogP contribution in [-0.2, 0) is 19.4 Å². The standard InChI is InChI=1S/C13H6F7N3O3/c1-22-10(24)8(5-2-3-6(14)7(4-5)23(25)26)9(12(15,16)17)21-11(22)13(18,19)20/h2-4H,1H3. The molecule has 0 spiro atoms. The third-order valence-corrected chi connectivity index (χ3v) is 3.24. The smallest absolute Gasteiger partial charge is 0.292 e. The van der Waals surface area contributed by atoms with E-state index in [1.807, 2.05) is 0 Å². The molecule has 2 rings (SSSR count). The Balaban J connectivity index is 2.94. The van der Waals surface area contributed by atoms with Gasteiger partial charge in [0.2, 0.25) is 11.6 Å². The summed E-state index contributed by atoms with van der Waals surface area (Å²) < 4.78 is 91.2. The Morgan fingerprint density at radius 1 is 1.12 bits per heavy atom. The van der Waals surface area contributed by atoms with Crippen LogP contribution >= 0.6 is 0 Å². The molecular weight excluding hydrogens is 379 g/mol. The average molecular weight is 385 g/mol. The maximum absolute atomic E-state index is 13.4. The van der Waals surface area contributed by atoms with Crippen molar-refractivity contribution in [1.82, 2.24) is 9.55 Å². The van der Waals surface area contributed by atoms with E-state index >= 15 is 0 Å². The summed E-state index contributed by atoms with van der Waals surface area (Å²) in [7, 11) is 0.541. The van der Waals surface area contributed by atoms with E-state index < -0.39 is 57.0 Å². The highest BCUT2D eigenvalue weighted by Crippen LogP contribution is 2.37. The minimum Gasteiger partial charge on any atom is -0.292 e. The number of alkyl halides is 6. The highest BCUT2D eigenvalue weighted by molar-refractivity contribution is 5.68. The number of nitro benzene ring substituents is 1. The fourth-order valence-electron chi connectivity index (χ4n) is 2.13. The SMILES string of the molecule is Cn1c(C(F)(F)F)nc(C(F)(F)F)c(-c2ccc(F)c([N+](=O)[O-])c2)c1=O. The molecule has 1 heterocycles. The van der Waals surface area contributed by atoms with Crippen molar-refractivity contribution >= 4 is 5.69 Å². The van der Waals surface area contributed by atoms with E-state index in [4.69, 9.17) is 0 Å². The lowest BCUT2D eigenvalue weighted by atomic mass is 10.0. The van der Waals surface area contributed by atoms with Crippen molar-refractivity contribution in [2.75, 3.05) is 0 Å². The highest BCUT2D eigenvalue weighted by Gasteiger charge is 2.43. The van der Waals surface area contributed by atoms with E-state index in [0.717, 1.165) is 0 Å². The number of aromatic nitrogens is 2. The van der Waals surface area contributed by atoms with Gasteiger partial charge in [-0.3, -0.25) is 19.5 Å². The molecule has 0 saturated carbocycles. The highest BCUT2D eigenvalue weighted by atomic mass is 19.4. The van der Waals surface area contributed by atoms with E-state index in [2.05, 4.69) is 4.98 Å². The molecule has 0 bridgehead atoms. The molecule has 0 amide bonds. The first-order valence-electron chi connectivity index (χ1n) is 6.45. The second kappa shape index (κ2) is 6.07. The summed E-state index contributed by atoms with van der Waals surface area (Å²) in [6.45, 7) is 0. The van der Waals surface area contributed by atoms with Crippen LogP contribution in [-0.4, -0.2) is 14.5 Å². The fourth-order valence-corrected chi connectivity index (χ4v) is 2.13. The summed E-state index contributed by atoms with van der Waals surface area (Å²) in [6, 6.07) is 1.34. The van der Waals surface area contributed by atoms with Crippen LogP contribution in [0.1, 0.15) is 11.5 Å². The van der Waals surface area contributed by atoms with E-state index in [9.17, 15) is 45.6 Å². The topological polar surface area (TPSA) is 78.0 Å². The van der Waals surface area contributed by atoms with Gasteiger partial charge in [-0.1, -0.05) is 6.07 Å². The van der Waals surface area contributed by atoms with Crippen molar-refractivity contribution in [3.05, 3.63) is 56.0 Å². The van der Waals surface area contributed by atoms with Crippen LogP contribution in [0.3, 0.4) is 0 Å². The lowest BCUT2D eigenvalue weighted by molar-refractivity contribution is -0.387. The quantitative estimate of drug-likeness (QED) is 0.450. The summed E-state index contributed by atoms with van der Waals surface area (Å²) >= 11 is 0. The second-order valence-corrected chi connectivity index (χ2v) is 4.94. The van der Waals surface area contributed by atoms with Crippen molar-refractivity contribution in [3.63, 3.8) is 0 Å². The van der Waals surface area contributed by atoms with Crippen LogP contribution in [0.25, 0.3) is 11.1 Å². The van der Waals surface area contributed by atoms with Crippen molar-refractivity contribution in [1.29, 1.82) is 0 Å². The predicted molar refractivity (Wildman–Crippen MR) is 71.5 cm³/mol. The molecule has 0 aliphatic heterocycles. The van der Waals surface area contributed by atoms with Gasteiger partial charge in [0.1, 0.15) is 0 Å². The van der Waals surface area contributed by atoms with Gasteiger partial charge in [0, 0.05) is 13.1 Å². The number of halogens is 7.